The quantitative estimate of drug-likeness (QED) is 0.236. The van der Waals surface area contributed by atoms with E-state index in [9.17, 15) is 9.59 Å². The molecule has 4 aromatic rings. The molecule has 0 aliphatic heterocycles. The predicted octanol–water partition coefficient (Wildman–Crippen LogP) is 6.90. The zero-order valence-corrected chi connectivity index (χ0v) is 22.7. The van der Waals surface area contributed by atoms with Gasteiger partial charge in [0, 0.05) is 48.0 Å². The Morgan fingerprint density at radius 2 is 1.24 bits per heavy atom. The maximum Gasteiger partial charge on any atom is 0.242 e. The van der Waals surface area contributed by atoms with Gasteiger partial charge in [-0.2, -0.15) is 0 Å². The first-order valence-electron chi connectivity index (χ1n) is 12.6. The molecule has 2 amide bonds. The van der Waals surface area contributed by atoms with Crippen LogP contribution < -0.4 is 5.32 Å². The Kier molecular flexibility index (Phi) is 9.58. The monoisotopic (exact) mass is 544 g/mol. The van der Waals surface area contributed by atoms with Gasteiger partial charge in [0.05, 0.1) is 0 Å². The second-order valence-electron chi connectivity index (χ2n) is 9.12. The summed E-state index contributed by atoms with van der Waals surface area (Å²) in [6.45, 7) is 0.110. The molecule has 0 saturated heterocycles. The van der Waals surface area contributed by atoms with Crippen LogP contribution in [0.1, 0.15) is 34.6 Å². The van der Waals surface area contributed by atoms with Crippen molar-refractivity contribution in [2.75, 3.05) is 7.05 Å². The van der Waals surface area contributed by atoms with Crippen LogP contribution >= 0.6 is 23.2 Å². The van der Waals surface area contributed by atoms with E-state index in [-0.39, 0.29) is 30.7 Å². The minimum atomic E-state index is -0.755. The second-order valence-corrected chi connectivity index (χ2v) is 9.93. The molecule has 0 aliphatic rings. The lowest BCUT2D eigenvalue weighted by molar-refractivity contribution is -0.141. The molecule has 1 N–H and O–H groups in total. The molecule has 4 rings (SSSR count). The molecule has 0 fully saturated rings. The smallest absolute Gasteiger partial charge is 0.242 e. The first-order valence-corrected chi connectivity index (χ1v) is 13.3. The molecule has 1 atom stereocenters. The zero-order chi connectivity index (χ0) is 26.9. The van der Waals surface area contributed by atoms with Crippen LogP contribution in [-0.4, -0.2) is 29.8 Å². The van der Waals surface area contributed by atoms with Gasteiger partial charge in [0.2, 0.25) is 11.8 Å². The van der Waals surface area contributed by atoms with E-state index in [1.807, 2.05) is 91.0 Å². The van der Waals surface area contributed by atoms with Crippen LogP contribution in [0.25, 0.3) is 0 Å². The van der Waals surface area contributed by atoms with Crippen LogP contribution in [0.2, 0.25) is 10.0 Å². The summed E-state index contributed by atoms with van der Waals surface area (Å²) in [4.78, 5) is 29.1. The fraction of sp³-hybridized carbons (Fsp3) is 0.188. The fourth-order valence-electron chi connectivity index (χ4n) is 4.67. The van der Waals surface area contributed by atoms with E-state index in [1.165, 1.54) is 0 Å². The third kappa shape index (κ3) is 6.83. The molecule has 4 nitrogen and oxygen atoms in total. The van der Waals surface area contributed by atoms with Crippen molar-refractivity contribution in [3.8, 4) is 0 Å². The van der Waals surface area contributed by atoms with Crippen molar-refractivity contribution in [2.24, 2.45) is 0 Å². The van der Waals surface area contributed by atoms with Gasteiger partial charge in [0.15, 0.2) is 0 Å². The average molecular weight is 546 g/mol. The summed E-state index contributed by atoms with van der Waals surface area (Å²) in [6.07, 6.45) is 0.536. The maximum atomic E-state index is 14.2. The molecular weight excluding hydrogens is 515 g/mol. The third-order valence-electron chi connectivity index (χ3n) is 6.69. The molecule has 0 unspecified atom stereocenters. The summed E-state index contributed by atoms with van der Waals surface area (Å²) in [7, 11) is 1.59. The first kappa shape index (κ1) is 27.4. The van der Waals surface area contributed by atoms with Crippen molar-refractivity contribution >= 4 is 35.0 Å². The van der Waals surface area contributed by atoms with Crippen LogP contribution in [0.3, 0.4) is 0 Å². The number of rotatable bonds is 10. The molecule has 4 aromatic carbocycles. The van der Waals surface area contributed by atoms with Gasteiger partial charge in [-0.25, -0.2) is 0 Å². The van der Waals surface area contributed by atoms with Gasteiger partial charge in [0.25, 0.3) is 0 Å². The number of nitrogens with one attached hydrogen (secondary N) is 1. The molecule has 0 bridgehead atoms. The van der Waals surface area contributed by atoms with E-state index in [2.05, 4.69) is 5.32 Å². The number of likely N-dealkylation sites (N-methyl/N-ethyl adjacent to an activating group) is 1. The van der Waals surface area contributed by atoms with Gasteiger partial charge >= 0.3 is 0 Å². The van der Waals surface area contributed by atoms with E-state index in [4.69, 9.17) is 23.2 Å². The topological polar surface area (TPSA) is 49.4 Å². The number of carbonyl (C=O) groups is 2. The van der Waals surface area contributed by atoms with Crippen LogP contribution in [0, 0.1) is 0 Å². The van der Waals surface area contributed by atoms with E-state index in [0.717, 1.165) is 16.7 Å². The Morgan fingerprint density at radius 3 is 1.74 bits per heavy atom. The molecule has 0 spiro atoms. The van der Waals surface area contributed by atoms with Gasteiger partial charge in [-0.05, 0) is 28.8 Å². The molecule has 0 aromatic heterocycles. The second kappa shape index (κ2) is 13.3. The Hall–Kier alpha value is -3.60. The summed E-state index contributed by atoms with van der Waals surface area (Å²) >= 11 is 13.1. The summed E-state index contributed by atoms with van der Waals surface area (Å²) < 4.78 is 0. The third-order valence-corrected chi connectivity index (χ3v) is 7.40. The van der Waals surface area contributed by atoms with Crippen LogP contribution in [0.5, 0.6) is 0 Å². The Bertz CT molecular complexity index is 1290. The summed E-state index contributed by atoms with van der Waals surface area (Å²) in [5.74, 6) is -0.597. The number of benzene rings is 4. The van der Waals surface area contributed by atoms with Gasteiger partial charge in [-0.1, -0.05) is 120 Å². The number of amides is 2. The number of hydrogen-bond donors (Lipinski definition) is 1. The minimum Gasteiger partial charge on any atom is -0.357 e. The van der Waals surface area contributed by atoms with Crippen molar-refractivity contribution in [2.45, 2.75) is 31.3 Å². The maximum absolute atomic E-state index is 14.2. The Morgan fingerprint density at radius 1 is 0.737 bits per heavy atom. The lowest BCUT2D eigenvalue weighted by Gasteiger charge is -2.33. The Labute approximate surface area is 234 Å². The highest BCUT2D eigenvalue weighted by Gasteiger charge is 2.32. The average Bonchev–Trinajstić information content (AvgIpc) is 2.96. The Balaban J connectivity index is 1.75. The minimum absolute atomic E-state index is 0.110. The standard InChI is InChI=1S/C32H30Cl2N2O2/c1-35-32(38)30(20-23-12-5-2-6-13-23)36(22-27-28(33)18-11-19-29(27)34)31(37)21-26(24-14-7-3-8-15-24)25-16-9-4-10-17-25/h2-19,26,30H,20-22H2,1H3,(H,35,38)/t30-/m1/s1. The molecule has 0 radical (unpaired) electrons. The van der Waals surface area contributed by atoms with Crippen molar-refractivity contribution in [3.63, 3.8) is 0 Å². The molecular formula is C32H30Cl2N2O2. The number of carbonyl (C=O) groups excluding carboxylic acids is 2. The van der Waals surface area contributed by atoms with E-state index >= 15 is 0 Å². The van der Waals surface area contributed by atoms with Crippen LogP contribution in [0.4, 0.5) is 0 Å². The molecule has 0 aliphatic carbocycles. The molecule has 6 heteroatoms. The number of nitrogens with zero attached hydrogens (tertiary/aromatic N) is 1. The van der Waals surface area contributed by atoms with Gasteiger partial charge in [-0.3, -0.25) is 9.59 Å². The summed E-state index contributed by atoms with van der Waals surface area (Å²) in [5.41, 5.74) is 3.62. The van der Waals surface area contributed by atoms with Crippen molar-refractivity contribution < 1.29 is 9.59 Å². The van der Waals surface area contributed by atoms with E-state index in [0.29, 0.717) is 22.0 Å². The van der Waals surface area contributed by atoms with E-state index < -0.39 is 6.04 Å². The van der Waals surface area contributed by atoms with E-state index in [1.54, 1.807) is 30.1 Å². The lowest BCUT2D eigenvalue weighted by Crippen LogP contribution is -2.50. The number of hydrogen-bond acceptors (Lipinski definition) is 2. The SMILES string of the molecule is CNC(=O)[C@@H](Cc1ccccc1)N(Cc1c(Cl)cccc1Cl)C(=O)CC(c1ccccc1)c1ccccc1. The van der Waals surface area contributed by atoms with Gasteiger partial charge in [0.1, 0.15) is 6.04 Å². The molecule has 38 heavy (non-hydrogen) atoms. The normalized spacial score (nSPS) is 11.7. The summed E-state index contributed by atoms with van der Waals surface area (Å²) in [6, 6.07) is 34.1. The highest BCUT2D eigenvalue weighted by molar-refractivity contribution is 6.36. The lowest BCUT2D eigenvalue weighted by atomic mass is 9.87. The van der Waals surface area contributed by atoms with Gasteiger partial charge < -0.3 is 10.2 Å². The zero-order valence-electron chi connectivity index (χ0n) is 21.2. The molecule has 0 saturated carbocycles. The fourth-order valence-corrected chi connectivity index (χ4v) is 5.18. The van der Waals surface area contributed by atoms with Gasteiger partial charge in [-0.15, -0.1) is 0 Å². The predicted molar refractivity (Wildman–Crippen MR) is 154 cm³/mol. The van der Waals surface area contributed by atoms with Crippen molar-refractivity contribution in [1.82, 2.24) is 10.2 Å². The van der Waals surface area contributed by atoms with Crippen molar-refractivity contribution in [1.29, 1.82) is 0 Å². The number of halogens is 2. The van der Waals surface area contributed by atoms with Crippen LogP contribution in [0.15, 0.2) is 109 Å². The highest BCUT2D eigenvalue weighted by atomic mass is 35.5. The van der Waals surface area contributed by atoms with Crippen LogP contribution in [-0.2, 0) is 22.6 Å². The molecule has 194 valence electrons. The van der Waals surface area contributed by atoms with Crippen molar-refractivity contribution in [3.05, 3.63) is 141 Å². The first-order chi connectivity index (χ1) is 18.5. The molecule has 0 heterocycles. The highest BCUT2D eigenvalue weighted by Crippen LogP contribution is 2.32. The largest absolute Gasteiger partial charge is 0.357 e. The summed E-state index contributed by atoms with van der Waals surface area (Å²) in [5, 5.41) is 3.66.